The Hall–Kier alpha value is -5.21. The Kier molecular flexibility index (Phi) is 14.7. The zero-order valence-electron chi connectivity index (χ0n) is 32.2. The fourth-order valence-electron chi connectivity index (χ4n) is 6.76. The third kappa shape index (κ3) is 10.7. The zero-order valence-corrected chi connectivity index (χ0v) is 33.0. The lowest BCUT2D eigenvalue weighted by molar-refractivity contribution is 0.0697. The summed E-state index contributed by atoms with van der Waals surface area (Å²) in [5, 5.41) is 9.40. The molecule has 0 radical (unpaired) electrons. The molecule has 0 amide bonds. The van der Waals surface area contributed by atoms with E-state index in [1.165, 1.54) is 64.2 Å². The SMILES string of the molecule is CCCCCCCCOc1ccc(N(c2ccc(OCCCCCCCC)cc2)c2ccc(-c3sc(-c4ccc(C(=O)O)cc4)c4nccnc34)cc2)cc1. The Morgan fingerprint density at radius 2 is 0.927 bits per heavy atom. The minimum atomic E-state index is -0.947. The van der Waals surface area contributed by atoms with E-state index in [4.69, 9.17) is 14.5 Å². The number of fused-ring (bicyclic) bond motifs is 1. The smallest absolute Gasteiger partial charge is 0.335 e. The molecule has 0 aliphatic rings. The van der Waals surface area contributed by atoms with Gasteiger partial charge in [0.25, 0.3) is 0 Å². The summed E-state index contributed by atoms with van der Waals surface area (Å²) in [6.45, 7) is 5.95. The molecule has 7 nitrogen and oxygen atoms in total. The summed E-state index contributed by atoms with van der Waals surface area (Å²) in [4.78, 5) is 25.1. The molecule has 6 rings (SSSR count). The number of hydrogen-bond donors (Lipinski definition) is 1. The number of aromatic carboxylic acids is 1. The summed E-state index contributed by atoms with van der Waals surface area (Å²) < 4.78 is 12.3. The fraction of sp³-hybridized carbons (Fsp3) is 0.340. The maximum Gasteiger partial charge on any atom is 0.335 e. The molecule has 0 saturated carbocycles. The van der Waals surface area contributed by atoms with Gasteiger partial charge >= 0.3 is 5.97 Å². The molecule has 0 unspecified atom stereocenters. The summed E-state index contributed by atoms with van der Waals surface area (Å²) in [6, 6.07) is 32.2. The van der Waals surface area contributed by atoms with Crippen LogP contribution in [0.25, 0.3) is 31.9 Å². The van der Waals surface area contributed by atoms with Crippen molar-refractivity contribution in [2.75, 3.05) is 18.1 Å². The predicted molar refractivity (Wildman–Crippen MR) is 228 cm³/mol. The number of anilines is 3. The molecule has 8 heteroatoms. The molecule has 0 saturated heterocycles. The first-order chi connectivity index (χ1) is 27.1. The van der Waals surface area contributed by atoms with Gasteiger partial charge in [-0.2, -0.15) is 0 Å². The molecule has 2 heterocycles. The van der Waals surface area contributed by atoms with Crippen molar-refractivity contribution in [2.24, 2.45) is 0 Å². The first-order valence-electron chi connectivity index (χ1n) is 20.0. The highest BCUT2D eigenvalue weighted by molar-refractivity contribution is 7.20. The summed E-state index contributed by atoms with van der Waals surface area (Å²) in [7, 11) is 0. The predicted octanol–water partition coefficient (Wildman–Crippen LogP) is 13.7. The number of carboxylic acids is 1. The van der Waals surface area contributed by atoms with E-state index in [0.717, 1.165) is 86.5 Å². The van der Waals surface area contributed by atoms with E-state index in [9.17, 15) is 9.90 Å². The fourth-order valence-corrected chi connectivity index (χ4v) is 7.97. The van der Waals surface area contributed by atoms with Gasteiger partial charge in [-0.15, -0.1) is 11.3 Å². The molecule has 0 fully saturated rings. The van der Waals surface area contributed by atoms with Gasteiger partial charge < -0.3 is 19.5 Å². The maximum atomic E-state index is 11.5. The Labute approximate surface area is 330 Å². The first kappa shape index (κ1) is 39.5. The number of nitrogens with zero attached hydrogens (tertiary/aromatic N) is 3. The van der Waals surface area contributed by atoms with Crippen molar-refractivity contribution >= 4 is 45.4 Å². The molecule has 286 valence electrons. The molecule has 0 aliphatic carbocycles. The Morgan fingerprint density at radius 3 is 1.35 bits per heavy atom. The second-order valence-corrected chi connectivity index (χ2v) is 15.0. The molecule has 4 aromatic carbocycles. The van der Waals surface area contributed by atoms with Crippen LogP contribution >= 0.6 is 11.3 Å². The minimum absolute atomic E-state index is 0.252. The van der Waals surface area contributed by atoms with Crippen molar-refractivity contribution in [1.82, 2.24) is 9.97 Å². The van der Waals surface area contributed by atoms with Gasteiger partial charge in [-0.25, -0.2) is 4.79 Å². The van der Waals surface area contributed by atoms with Gasteiger partial charge in [0.05, 0.1) is 28.5 Å². The molecule has 0 aliphatic heterocycles. The summed E-state index contributed by atoms with van der Waals surface area (Å²) in [5.41, 5.74) is 6.89. The third-order valence-electron chi connectivity index (χ3n) is 9.84. The lowest BCUT2D eigenvalue weighted by Crippen LogP contribution is -2.10. The van der Waals surface area contributed by atoms with Gasteiger partial charge in [-0.05, 0) is 96.8 Å². The minimum Gasteiger partial charge on any atom is -0.494 e. The first-order valence-corrected chi connectivity index (χ1v) is 20.8. The summed E-state index contributed by atoms with van der Waals surface area (Å²) >= 11 is 1.61. The molecule has 0 atom stereocenters. The Bertz CT molecular complexity index is 2000. The average Bonchev–Trinajstić information content (AvgIpc) is 3.61. The number of carboxylic acid groups (broad SMARTS) is 1. The van der Waals surface area contributed by atoms with Crippen LogP contribution in [0.1, 0.15) is 101 Å². The van der Waals surface area contributed by atoms with E-state index in [1.807, 2.05) is 12.1 Å². The van der Waals surface area contributed by atoms with Crippen LogP contribution in [0.15, 0.2) is 109 Å². The van der Waals surface area contributed by atoms with Gasteiger partial charge in [0.2, 0.25) is 0 Å². The topological polar surface area (TPSA) is 84.8 Å². The van der Waals surface area contributed by atoms with Crippen molar-refractivity contribution in [3.63, 3.8) is 0 Å². The van der Waals surface area contributed by atoms with E-state index < -0.39 is 5.97 Å². The highest BCUT2D eigenvalue weighted by atomic mass is 32.1. The number of hydrogen-bond acceptors (Lipinski definition) is 7. The van der Waals surface area contributed by atoms with Crippen molar-refractivity contribution in [2.45, 2.75) is 90.9 Å². The van der Waals surface area contributed by atoms with Gasteiger partial charge in [0.1, 0.15) is 22.5 Å². The molecular formula is C47H53N3O4S. The van der Waals surface area contributed by atoms with Crippen LogP contribution < -0.4 is 14.4 Å². The number of rotatable bonds is 22. The Balaban J connectivity index is 1.23. The van der Waals surface area contributed by atoms with E-state index in [2.05, 4.69) is 96.5 Å². The average molecular weight is 756 g/mol. The molecule has 0 bridgehead atoms. The molecular weight excluding hydrogens is 703 g/mol. The number of aromatic nitrogens is 2. The van der Waals surface area contributed by atoms with Crippen molar-refractivity contribution in [3.8, 4) is 32.4 Å². The van der Waals surface area contributed by atoms with Gasteiger partial charge in [0.15, 0.2) is 0 Å². The van der Waals surface area contributed by atoms with Crippen LogP contribution in [-0.4, -0.2) is 34.3 Å². The van der Waals surface area contributed by atoms with Crippen molar-refractivity contribution in [3.05, 3.63) is 115 Å². The Morgan fingerprint density at radius 1 is 0.545 bits per heavy atom. The van der Waals surface area contributed by atoms with Crippen molar-refractivity contribution < 1.29 is 19.4 Å². The molecule has 1 N–H and O–H groups in total. The highest BCUT2D eigenvalue weighted by Gasteiger charge is 2.19. The maximum absolute atomic E-state index is 11.5. The molecule has 2 aromatic heterocycles. The van der Waals surface area contributed by atoms with Crippen molar-refractivity contribution in [1.29, 1.82) is 0 Å². The number of carbonyl (C=O) groups is 1. The second kappa shape index (κ2) is 20.5. The largest absolute Gasteiger partial charge is 0.494 e. The van der Waals surface area contributed by atoms with Gasteiger partial charge in [0, 0.05) is 29.5 Å². The summed E-state index contributed by atoms with van der Waals surface area (Å²) in [5.74, 6) is 0.813. The van der Waals surface area contributed by atoms with E-state index in [1.54, 1.807) is 35.9 Å². The van der Waals surface area contributed by atoms with E-state index >= 15 is 0 Å². The summed E-state index contributed by atoms with van der Waals surface area (Å²) in [6.07, 6.45) is 18.3. The van der Waals surface area contributed by atoms with Crippen LogP contribution in [0.3, 0.4) is 0 Å². The van der Waals surface area contributed by atoms with Crippen LogP contribution in [-0.2, 0) is 0 Å². The number of benzene rings is 4. The van der Waals surface area contributed by atoms with Crippen LogP contribution in [0.5, 0.6) is 11.5 Å². The zero-order chi connectivity index (χ0) is 38.2. The normalized spacial score (nSPS) is 11.2. The van der Waals surface area contributed by atoms with Crippen LogP contribution in [0.2, 0.25) is 0 Å². The molecule has 6 aromatic rings. The standard InChI is InChI=1S/C47H53N3O4S/c1-3-5-7-9-11-13-33-53-41-27-23-39(24-28-41)50(40-25-29-42(30-26-40)54-34-14-12-10-8-6-4-2)38-21-19-36(20-22-38)46-44-43(48-31-32-49-44)45(55-46)35-15-17-37(18-16-35)47(51)52/h15-32H,3-14,33-34H2,1-2H3,(H,51,52). The van der Waals surface area contributed by atoms with Crippen LogP contribution in [0.4, 0.5) is 17.1 Å². The number of thiophene rings is 1. The molecule has 0 spiro atoms. The lowest BCUT2D eigenvalue weighted by atomic mass is 10.1. The number of unbranched alkanes of at least 4 members (excludes halogenated alkanes) is 10. The second-order valence-electron chi connectivity index (χ2n) is 14.0. The van der Waals surface area contributed by atoms with Gasteiger partial charge in [-0.1, -0.05) is 102 Å². The monoisotopic (exact) mass is 755 g/mol. The van der Waals surface area contributed by atoms with E-state index in [0.29, 0.717) is 0 Å². The third-order valence-corrected chi connectivity index (χ3v) is 11.1. The number of ether oxygens (including phenoxy) is 2. The molecule has 55 heavy (non-hydrogen) atoms. The lowest BCUT2D eigenvalue weighted by Gasteiger charge is -2.26. The van der Waals surface area contributed by atoms with Gasteiger partial charge in [-0.3, -0.25) is 9.97 Å². The van der Waals surface area contributed by atoms with E-state index in [-0.39, 0.29) is 5.56 Å². The quantitative estimate of drug-likeness (QED) is 0.0691. The highest BCUT2D eigenvalue weighted by Crippen LogP contribution is 2.43. The van der Waals surface area contributed by atoms with Crippen LogP contribution in [0, 0.1) is 0 Å².